The van der Waals surface area contributed by atoms with E-state index < -0.39 is 0 Å². The van der Waals surface area contributed by atoms with Gasteiger partial charge in [-0.25, -0.2) is 15.0 Å². The van der Waals surface area contributed by atoms with Crippen molar-refractivity contribution in [2.45, 2.75) is 0 Å². The third kappa shape index (κ3) is 9.13. The standard InChI is InChI=1S/C100H60N10/c101-61-65-43-45-66(109-93-51-46-67(105-85-35-15-7-27-71(85)72-28-8-16-36-86(72)105)57-81(93)82-58-68(47-52-94(82)109)106-87-37-17-9-29-73(87)74-30-10-18-38-88(74)106)56-79(65)80-55-64(100-103-98(62-23-3-1-4-24-62)102-99(104-100)63-25-5-2-6-26-63)44-50-95(80)110-96-53-48-69(107-89-39-19-11-31-75(89)76-32-12-20-40-90(76)107)59-83(96)84-60-70(49-54-97(84)110)108-91-41-21-13-33-77(91)78-34-14-22-42-92(78)108/h1-60H. The van der Waals surface area contributed by atoms with E-state index in [-0.39, 0.29) is 0 Å². The molecule has 16 aromatic carbocycles. The Morgan fingerprint density at radius 1 is 0.191 bits per heavy atom. The molecule has 0 aliphatic rings. The van der Waals surface area contributed by atoms with Crippen LogP contribution in [0.3, 0.4) is 0 Å². The maximum atomic E-state index is 11.9. The Morgan fingerprint density at radius 3 is 0.755 bits per heavy atom. The van der Waals surface area contributed by atoms with Crippen LogP contribution in [0.4, 0.5) is 0 Å². The molecule has 0 N–H and O–H groups in total. The van der Waals surface area contributed by atoms with Gasteiger partial charge in [-0.05, 0) is 158 Å². The second-order valence-corrected chi connectivity index (χ2v) is 28.6. The van der Waals surface area contributed by atoms with Crippen LogP contribution in [-0.2, 0) is 0 Å². The summed E-state index contributed by atoms with van der Waals surface area (Å²) in [6, 6.07) is 133. The number of rotatable bonds is 10. The highest BCUT2D eigenvalue weighted by Crippen LogP contribution is 2.46. The van der Waals surface area contributed by atoms with Crippen LogP contribution < -0.4 is 0 Å². The van der Waals surface area contributed by atoms with E-state index in [0.717, 1.165) is 150 Å². The molecular formula is C100H60N10. The van der Waals surface area contributed by atoms with E-state index in [2.05, 4.69) is 331 Å². The number of benzene rings is 16. The molecule has 0 spiro atoms. The highest BCUT2D eigenvalue weighted by Gasteiger charge is 2.26. The van der Waals surface area contributed by atoms with Crippen LogP contribution in [-0.4, -0.2) is 42.4 Å². The Morgan fingerprint density at radius 2 is 0.445 bits per heavy atom. The summed E-state index contributed by atoms with van der Waals surface area (Å²) >= 11 is 0. The van der Waals surface area contributed by atoms with E-state index in [9.17, 15) is 5.26 Å². The molecule has 110 heavy (non-hydrogen) atoms. The Kier molecular flexibility index (Phi) is 13.3. The molecule has 10 heteroatoms. The minimum Gasteiger partial charge on any atom is -0.309 e. The Balaban J connectivity index is 0.800. The van der Waals surface area contributed by atoms with Crippen molar-refractivity contribution in [3.63, 3.8) is 0 Å². The summed E-state index contributed by atoms with van der Waals surface area (Å²) < 4.78 is 14.4. The van der Waals surface area contributed by atoms with Crippen LogP contribution >= 0.6 is 0 Å². The van der Waals surface area contributed by atoms with Gasteiger partial charge in [0.2, 0.25) is 0 Å². The molecule has 10 nitrogen and oxygen atoms in total. The molecule has 0 aliphatic heterocycles. The molecule has 0 aliphatic carbocycles. The highest BCUT2D eigenvalue weighted by atomic mass is 15.1. The first kappa shape index (κ1) is 61.2. The monoisotopic (exact) mass is 1400 g/mol. The van der Waals surface area contributed by atoms with Gasteiger partial charge in [-0.1, -0.05) is 206 Å². The quantitative estimate of drug-likeness (QED) is 0.136. The smallest absolute Gasteiger partial charge is 0.164 e. The minimum atomic E-state index is 0.495. The van der Waals surface area contributed by atoms with E-state index >= 15 is 0 Å². The Labute approximate surface area is 629 Å². The molecular weight excluding hydrogens is 1340 g/mol. The van der Waals surface area contributed by atoms with E-state index in [1.165, 1.54) is 43.1 Å². The zero-order chi connectivity index (χ0) is 72.2. The third-order valence-corrected chi connectivity index (χ3v) is 22.7. The maximum Gasteiger partial charge on any atom is 0.164 e. The summed E-state index contributed by atoms with van der Waals surface area (Å²) in [5.41, 5.74) is 23.6. The van der Waals surface area contributed by atoms with E-state index in [4.69, 9.17) is 15.0 Å². The maximum absolute atomic E-state index is 11.9. The van der Waals surface area contributed by atoms with Crippen LogP contribution in [0.15, 0.2) is 364 Å². The number of hydrogen-bond donors (Lipinski definition) is 0. The van der Waals surface area contributed by atoms with Gasteiger partial charge in [0.25, 0.3) is 0 Å². The topological polar surface area (TPSA) is 92.0 Å². The van der Waals surface area contributed by atoms with Crippen molar-refractivity contribution in [3.05, 3.63) is 370 Å². The van der Waals surface area contributed by atoms with Crippen LogP contribution in [0.25, 0.3) is 210 Å². The zero-order valence-corrected chi connectivity index (χ0v) is 59.1. The summed E-state index contributed by atoms with van der Waals surface area (Å²) in [5.74, 6) is 1.60. The largest absolute Gasteiger partial charge is 0.309 e. The highest BCUT2D eigenvalue weighted by molar-refractivity contribution is 6.17. The van der Waals surface area contributed by atoms with Crippen molar-refractivity contribution in [2.24, 2.45) is 0 Å². The predicted octanol–water partition coefficient (Wildman–Crippen LogP) is 25.0. The zero-order valence-electron chi connectivity index (χ0n) is 59.1. The third-order valence-electron chi connectivity index (χ3n) is 22.7. The number of nitriles is 1. The number of para-hydroxylation sites is 8. The van der Waals surface area contributed by atoms with Gasteiger partial charge in [0.1, 0.15) is 0 Å². The summed E-state index contributed by atoms with van der Waals surface area (Å²) in [5, 5.41) is 25.8. The lowest BCUT2D eigenvalue weighted by Crippen LogP contribution is -2.03. The second kappa shape index (κ2) is 23.9. The van der Waals surface area contributed by atoms with Gasteiger partial charge in [0.15, 0.2) is 17.5 Å². The number of nitrogens with zero attached hydrogens (tertiary/aromatic N) is 10. The van der Waals surface area contributed by atoms with Crippen LogP contribution in [0.1, 0.15) is 5.56 Å². The van der Waals surface area contributed by atoms with Gasteiger partial charge in [-0.15, -0.1) is 0 Å². The van der Waals surface area contributed by atoms with Crippen LogP contribution in [0.5, 0.6) is 0 Å². The lowest BCUT2D eigenvalue weighted by Gasteiger charge is -2.19. The molecule has 0 radical (unpaired) electrons. The SMILES string of the molecule is N#Cc1ccc(-n2c3ccc(-n4c5ccccc5c5ccccc54)cc3c3cc(-n4c5ccccc5c5ccccc54)ccc32)cc1-c1cc(-c2nc(-c3ccccc3)nc(-c3ccccc3)n2)ccc1-n1c2ccc(-n3c4ccccc4c4ccccc43)cc2c2cc(-n3c4ccccc4c4ccccc43)ccc21. The van der Waals surface area contributed by atoms with Gasteiger partial charge in [-0.2, -0.15) is 5.26 Å². The van der Waals surface area contributed by atoms with E-state index in [0.29, 0.717) is 23.0 Å². The summed E-state index contributed by atoms with van der Waals surface area (Å²) in [7, 11) is 0. The van der Waals surface area contributed by atoms with Crippen LogP contribution in [0.2, 0.25) is 0 Å². The molecule has 0 amide bonds. The van der Waals surface area contributed by atoms with E-state index in [1.807, 2.05) is 66.7 Å². The molecule has 7 aromatic heterocycles. The molecule has 0 saturated heterocycles. The van der Waals surface area contributed by atoms with Gasteiger partial charge < -0.3 is 27.4 Å². The molecule has 510 valence electrons. The van der Waals surface area contributed by atoms with Crippen molar-refractivity contribution in [1.29, 1.82) is 5.26 Å². The molecule has 0 saturated carbocycles. The summed E-state index contributed by atoms with van der Waals surface area (Å²) in [4.78, 5) is 15.9. The van der Waals surface area contributed by atoms with Crippen molar-refractivity contribution < 1.29 is 0 Å². The van der Waals surface area contributed by atoms with E-state index in [1.54, 1.807) is 0 Å². The fraction of sp³-hybridized carbons (Fsp3) is 0. The number of fused-ring (bicyclic) bond motifs is 18. The van der Waals surface area contributed by atoms with Gasteiger partial charge in [0.05, 0.1) is 83.5 Å². The molecule has 0 unspecified atom stereocenters. The van der Waals surface area contributed by atoms with Crippen LogP contribution in [0, 0.1) is 11.3 Å². The Bertz CT molecular complexity index is 7250. The summed E-state index contributed by atoms with van der Waals surface area (Å²) in [6.07, 6.45) is 0. The fourth-order valence-corrected chi connectivity index (χ4v) is 17.9. The first-order chi connectivity index (χ1) is 54.5. The normalized spacial score (nSPS) is 12.0. The average molecular weight is 1400 g/mol. The van der Waals surface area contributed by atoms with Gasteiger partial charge in [0, 0.05) is 121 Å². The Hall–Kier alpha value is -15.2. The number of aromatic nitrogens is 9. The van der Waals surface area contributed by atoms with Crippen molar-refractivity contribution >= 4 is 131 Å². The number of hydrogen-bond acceptors (Lipinski definition) is 4. The van der Waals surface area contributed by atoms with Crippen molar-refractivity contribution in [2.75, 3.05) is 0 Å². The van der Waals surface area contributed by atoms with Crippen molar-refractivity contribution in [1.82, 2.24) is 42.4 Å². The lowest BCUT2D eigenvalue weighted by molar-refractivity contribution is 1.07. The van der Waals surface area contributed by atoms with Crippen molar-refractivity contribution in [3.8, 4) is 85.5 Å². The molecule has 0 atom stereocenters. The minimum absolute atomic E-state index is 0.495. The average Bonchev–Trinajstić information content (AvgIpc) is 1.55. The molecule has 0 bridgehead atoms. The predicted molar refractivity (Wildman–Crippen MR) is 452 cm³/mol. The molecule has 7 heterocycles. The van der Waals surface area contributed by atoms with Gasteiger partial charge in [-0.3, -0.25) is 0 Å². The lowest BCUT2D eigenvalue weighted by atomic mass is 9.95. The first-order valence-corrected chi connectivity index (χ1v) is 37.2. The molecule has 23 aromatic rings. The molecule has 0 fully saturated rings. The molecule has 23 rings (SSSR count). The first-order valence-electron chi connectivity index (χ1n) is 37.2. The fourth-order valence-electron chi connectivity index (χ4n) is 17.9. The second-order valence-electron chi connectivity index (χ2n) is 28.6. The van der Waals surface area contributed by atoms with Gasteiger partial charge >= 0.3 is 0 Å². The summed E-state index contributed by atoms with van der Waals surface area (Å²) in [6.45, 7) is 0.